The van der Waals surface area contributed by atoms with Gasteiger partial charge in [-0.3, -0.25) is 4.79 Å². The van der Waals surface area contributed by atoms with Gasteiger partial charge in [-0.05, 0) is 47.4 Å². The van der Waals surface area contributed by atoms with Crippen LogP contribution in [0.3, 0.4) is 0 Å². The molecule has 3 aromatic carbocycles. The molecule has 0 saturated carbocycles. The Balaban J connectivity index is 1.78. The van der Waals surface area contributed by atoms with Crippen LogP contribution in [0.15, 0.2) is 66.7 Å². The molecule has 0 heterocycles. The van der Waals surface area contributed by atoms with Gasteiger partial charge in [-0.25, -0.2) is 0 Å². The molecule has 0 radical (unpaired) electrons. The van der Waals surface area contributed by atoms with E-state index >= 15 is 0 Å². The molecule has 2 N–H and O–H groups in total. The van der Waals surface area contributed by atoms with Crippen LogP contribution in [0.25, 0.3) is 11.1 Å². The summed E-state index contributed by atoms with van der Waals surface area (Å²) in [5, 5.41) is 9.23. The van der Waals surface area contributed by atoms with Crippen LogP contribution in [0.4, 0.5) is 0 Å². The third kappa shape index (κ3) is 3.73. The van der Waals surface area contributed by atoms with Crippen molar-refractivity contribution in [1.29, 1.82) is 5.26 Å². The molecule has 0 saturated heterocycles. The first kappa shape index (κ1) is 17.2. The van der Waals surface area contributed by atoms with Gasteiger partial charge in [-0.2, -0.15) is 5.26 Å². The van der Waals surface area contributed by atoms with Crippen LogP contribution in [-0.4, -0.2) is 5.91 Å². The number of benzene rings is 3. The molecule has 0 spiro atoms. The Kier molecular flexibility index (Phi) is 5.00. The lowest BCUT2D eigenvalue weighted by molar-refractivity contribution is 0.0996. The Morgan fingerprint density at radius 1 is 1.08 bits per heavy atom. The number of amides is 1. The first-order chi connectivity index (χ1) is 12.6. The van der Waals surface area contributed by atoms with Crippen molar-refractivity contribution in [2.24, 2.45) is 5.73 Å². The summed E-state index contributed by atoms with van der Waals surface area (Å²) in [4.78, 5) is 11.5. The minimum Gasteiger partial charge on any atom is -0.488 e. The van der Waals surface area contributed by atoms with E-state index in [1.54, 1.807) is 18.2 Å². The Bertz CT molecular complexity index is 986. The smallest absolute Gasteiger partial charge is 0.252 e. The van der Waals surface area contributed by atoms with Crippen molar-refractivity contribution in [3.05, 3.63) is 89.0 Å². The second kappa shape index (κ2) is 7.54. The lowest BCUT2D eigenvalue weighted by Gasteiger charge is -2.11. The van der Waals surface area contributed by atoms with Crippen molar-refractivity contribution in [3.63, 3.8) is 0 Å². The third-order valence-corrected chi connectivity index (χ3v) is 4.11. The van der Waals surface area contributed by atoms with Gasteiger partial charge >= 0.3 is 0 Å². The number of nitrogens with two attached hydrogens (primary N) is 1. The summed E-state index contributed by atoms with van der Waals surface area (Å²) in [7, 11) is 0. The first-order valence-electron chi connectivity index (χ1n) is 8.20. The molecule has 128 valence electrons. The number of hydrogen-bond acceptors (Lipinski definition) is 3. The molecular formula is C22H18N2O2. The van der Waals surface area contributed by atoms with Crippen LogP contribution in [0.1, 0.15) is 27.0 Å². The second-order valence-electron chi connectivity index (χ2n) is 6.01. The predicted octanol–water partition coefficient (Wildman–Crippen LogP) is 4.21. The monoisotopic (exact) mass is 342 g/mol. The number of nitrogens with zero attached hydrogens (tertiary/aromatic N) is 1. The molecule has 0 aliphatic heterocycles. The van der Waals surface area contributed by atoms with E-state index in [1.165, 1.54) is 0 Å². The van der Waals surface area contributed by atoms with Crippen molar-refractivity contribution >= 4 is 5.91 Å². The molecule has 0 unspecified atom stereocenters. The number of ether oxygens (including phenoxy) is 1. The molecule has 0 fully saturated rings. The van der Waals surface area contributed by atoms with Crippen LogP contribution in [0.2, 0.25) is 0 Å². The van der Waals surface area contributed by atoms with Gasteiger partial charge in [0.25, 0.3) is 5.91 Å². The fraction of sp³-hybridized carbons (Fsp3) is 0.0909. The van der Waals surface area contributed by atoms with Gasteiger partial charge in [-0.1, -0.05) is 48.5 Å². The largest absolute Gasteiger partial charge is 0.488 e. The topological polar surface area (TPSA) is 76.1 Å². The van der Waals surface area contributed by atoms with Gasteiger partial charge in [-0.15, -0.1) is 0 Å². The zero-order valence-electron chi connectivity index (χ0n) is 14.4. The van der Waals surface area contributed by atoms with E-state index in [4.69, 9.17) is 10.5 Å². The highest BCUT2D eigenvalue weighted by Crippen LogP contribution is 2.25. The molecule has 0 aliphatic rings. The highest BCUT2D eigenvalue weighted by Gasteiger charge is 2.10. The molecule has 0 atom stereocenters. The Labute approximate surface area is 152 Å². The van der Waals surface area contributed by atoms with E-state index in [1.807, 2.05) is 55.5 Å². The van der Waals surface area contributed by atoms with Crippen LogP contribution < -0.4 is 10.5 Å². The van der Waals surface area contributed by atoms with E-state index in [9.17, 15) is 10.1 Å². The van der Waals surface area contributed by atoms with E-state index in [0.717, 1.165) is 22.3 Å². The van der Waals surface area contributed by atoms with Crippen molar-refractivity contribution in [2.45, 2.75) is 13.5 Å². The number of rotatable bonds is 5. The molecule has 26 heavy (non-hydrogen) atoms. The van der Waals surface area contributed by atoms with Crippen molar-refractivity contribution in [1.82, 2.24) is 0 Å². The number of nitriles is 1. The minimum absolute atomic E-state index is 0.323. The summed E-state index contributed by atoms with van der Waals surface area (Å²) in [5.41, 5.74) is 10.2. The average Bonchev–Trinajstić information content (AvgIpc) is 2.66. The molecular weight excluding hydrogens is 324 g/mol. The Hall–Kier alpha value is -3.58. The van der Waals surface area contributed by atoms with E-state index in [0.29, 0.717) is 23.5 Å². The van der Waals surface area contributed by atoms with Crippen molar-refractivity contribution in [2.75, 3.05) is 0 Å². The van der Waals surface area contributed by atoms with Crippen molar-refractivity contribution in [3.8, 4) is 22.9 Å². The van der Waals surface area contributed by atoms with Gasteiger partial charge in [0.15, 0.2) is 0 Å². The summed E-state index contributed by atoms with van der Waals surface area (Å²) in [5.74, 6) is -0.0279. The Morgan fingerprint density at radius 2 is 1.81 bits per heavy atom. The quantitative estimate of drug-likeness (QED) is 0.754. The van der Waals surface area contributed by atoms with Crippen LogP contribution in [0.5, 0.6) is 5.75 Å². The molecule has 0 aliphatic carbocycles. The fourth-order valence-electron chi connectivity index (χ4n) is 2.73. The van der Waals surface area contributed by atoms with Crippen molar-refractivity contribution < 1.29 is 9.53 Å². The zero-order valence-corrected chi connectivity index (χ0v) is 14.4. The van der Waals surface area contributed by atoms with Gasteiger partial charge in [0.05, 0.1) is 17.2 Å². The zero-order chi connectivity index (χ0) is 18.5. The summed E-state index contributed by atoms with van der Waals surface area (Å²) >= 11 is 0. The Morgan fingerprint density at radius 3 is 2.50 bits per heavy atom. The molecule has 3 rings (SSSR count). The second-order valence-corrected chi connectivity index (χ2v) is 6.01. The summed E-state index contributed by atoms with van der Waals surface area (Å²) in [6.07, 6.45) is 0. The molecule has 0 bridgehead atoms. The lowest BCUT2D eigenvalue weighted by atomic mass is 9.99. The van der Waals surface area contributed by atoms with Crippen LogP contribution in [-0.2, 0) is 6.61 Å². The van der Waals surface area contributed by atoms with E-state index < -0.39 is 5.91 Å². The normalized spacial score (nSPS) is 10.2. The van der Waals surface area contributed by atoms with Gasteiger partial charge in [0, 0.05) is 0 Å². The van der Waals surface area contributed by atoms with Crippen LogP contribution >= 0.6 is 0 Å². The predicted molar refractivity (Wildman–Crippen MR) is 101 cm³/mol. The number of primary amides is 1. The van der Waals surface area contributed by atoms with Gasteiger partial charge in [0.2, 0.25) is 0 Å². The molecule has 0 aromatic heterocycles. The highest BCUT2D eigenvalue weighted by atomic mass is 16.5. The molecule has 3 aromatic rings. The number of carbonyl (C=O) groups is 1. The maximum atomic E-state index is 11.5. The van der Waals surface area contributed by atoms with Gasteiger partial charge < -0.3 is 10.5 Å². The maximum absolute atomic E-state index is 11.5. The minimum atomic E-state index is -0.511. The SMILES string of the molecule is Cc1ccc(C(N)=O)c(OCc2ccc(-c3ccccc3C#N)cc2)c1. The van der Waals surface area contributed by atoms with Gasteiger partial charge in [0.1, 0.15) is 12.4 Å². The molecule has 1 amide bonds. The summed E-state index contributed by atoms with van der Waals surface area (Å²) in [6.45, 7) is 2.25. The maximum Gasteiger partial charge on any atom is 0.252 e. The highest BCUT2D eigenvalue weighted by molar-refractivity contribution is 5.95. The third-order valence-electron chi connectivity index (χ3n) is 4.11. The lowest BCUT2D eigenvalue weighted by Crippen LogP contribution is -2.13. The first-order valence-corrected chi connectivity index (χ1v) is 8.20. The standard InChI is InChI=1S/C22H18N2O2/c1-15-6-11-20(22(24)25)21(12-15)26-14-16-7-9-17(10-8-16)19-5-3-2-4-18(19)13-23/h2-12H,14H2,1H3,(H2,24,25). The van der Waals surface area contributed by atoms with Crippen LogP contribution in [0, 0.1) is 18.3 Å². The van der Waals surface area contributed by atoms with E-state index in [2.05, 4.69) is 6.07 Å². The number of hydrogen-bond donors (Lipinski definition) is 1. The van der Waals surface area contributed by atoms with E-state index in [-0.39, 0.29) is 0 Å². The summed E-state index contributed by atoms with van der Waals surface area (Å²) in [6, 6.07) is 22.8. The number of carbonyl (C=O) groups excluding carboxylic acids is 1. The fourth-order valence-corrected chi connectivity index (χ4v) is 2.73. The number of aryl methyl sites for hydroxylation is 1. The molecule has 4 heteroatoms. The average molecular weight is 342 g/mol. The summed E-state index contributed by atoms with van der Waals surface area (Å²) < 4.78 is 5.80. The molecule has 4 nitrogen and oxygen atoms in total.